The number of aromatic nitrogens is 1. The highest BCUT2D eigenvalue weighted by Gasteiger charge is 2.19. The van der Waals surface area contributed by atoms with Gasteiger partial charge in [-0.1, -0.05) is 79.4 Å². The van der Waals surface area contributed by atoms with Crippen LogP contribution in [0.25, 0.3) is 75.0 Å². The van der Waals surface area contributed by atoms with Crippen LogP contribution < -0.4 is 0 Å². The number of benzene rings is 5. The maximum absolute atomic E-state index is 10.3. The second kappa shape index (κ2) is 9.56. The molecule has 2 nitrogen and oxygen atoms in total. The minimum atomic E-state index is 0.670. The number of fused-ring (bicyclic) bond motifs is 8. The van der Waals surface area contributed by atoms with E-state index >= 15 is 0 Å². The van der Waals surface area contributed by atoms with Gasteiger partial charge in [0.15, 0.2) is 0 Å². The summed E-state index contributed by atoms with van der Waals surface area (Å²) in [4.78, 5) is 1.27. The highest BCUT2D eigenvalue weighted by Crippen LogP contribution is 2.45. The summed E-state index contributed by atoms with van der Waals surface area (Å²) < 4.78 is 6.22. The summed E-state index contributed by atoms with van der Waals surface area (Å²) in [6.07, 6.45) is 5.99. The molecule has 8 rings (SSSR count). The third-order valence-electron chi connectivity index (χ3n) is 8.24. The Morgan fingerprint density at radius 3 is 2.19 bits per heavy atom. The fraction of sp³-hybridized carbons (Fsp3) is 0.0263. The molecule has 0 saturated carbocycles. The molecule has 0 aliphatic carbocycles. The van der Waals surface area contributed by atoms with Crippen LogP contribution in [-0.4, -0.2) is 4.57 Å². The minimum absolute atomic E-state index is 0.670. The van der Waals surface area contributed by atoms with Crippen LogP contribution in [0.3, 0.4) is 0 Å². The predicted octanol–water partition coefficient (Wildman–Crippen LogP) is 11.4. The molecule has 8 aromatic rings. The predicted molar refractivity (Wildman–Crippen MR) is 183 cm³/mol. The first-order valence-corrected chi connectivity index (χ1v) is 15.5. The number of thiophene rings is 2. The van der Waals surface area contributed by atoms with E-state index in [4.69, 9.17) is 0 Å². The lowest BCUT2D eigenvalue weighted by atomic mass is 9.96. The van der Waals surface area contributed by atoms with Crippen molar-refractivity contribution in [1.82, 2.24) is 4.57 Å². The summed E-state index contributed by atoms with van der Waals surface area (Å²) in [5, 5.41) is 16.5. The van der Waals surface area contributed by atoms with Crippen molar-refractivity contribution in [1.29, 1.82) is 5.26 Å². The molecule has 0 bridgehead atoms. The first kappa shape index (κ1) is 24.8. The molecule has 0 spiro atoms. The van der Waals surface area contributed by atoms with Gasteiger partial charge >= 0.3 is 0 Å². The normalized spacial score (nSPS) is 11.9. The monoisotopic (exact) mass is 572 g/mol. The first-order chi connectivity index (χ1) is 20.7. The number of allylic oxidation sites excluding steroid dienone is 2. The second-order valence-corrected chi connectivity index (χ2v) is 12.6. The summed E-state index contributed by atoms with van der Waals surface area (Å²) in [5.41, 5.74) is 7.27. The molecule has 0 aliphatic heterocycles. The van der Waals surface area contributed by atoms with E-state index in [1.807, 2.05) is 47.0 Å². The van der Waals surface area contributed by atoms with Crippen LogP contribution in [0.2, 0.25) is 0 Å². The van der Waals surface area contributed by atoms with E-state index in [0.717, 1.165) is 27.8 Å². The maximum atomic E-state index is 10.3. The molecule has 0 amide bonds. The van der Waals surface area contributed by atoms with Crippen molar-refractivity contribution in [2.24, 2.45) is 0 Å². The molecule has 42 heavy (non-hydrogen) atoms. The Balaban J connectivity index is 1.40. The fourth-order valence-corrected chi connectivity index (χ4v) is 8.85. The Morgan fingerprint density at radius 2 is 1.45 bits per heavy atom. The molecule has 0 unspecified atom stereocenters. The van der Waals surface area contributed by atoms with Crippen molar-refractivity contribution in [2.75, 3.05) is 0 Å². The van der Waals surface area contributed by atoms with Gasteiger partial charge in [-0.05, 0) is 65.9 Å². The van der Waals surface area contributed by atoms with Gasteiger partial charge in [0.1, 0.15) is 0 Å². The van der Waals surface area contributed by atoms with E-state index in [2.05, 4.69) is 115 Å². The van der Waals surface area contributed by atoms with Gasteiger partial charge < -0.3 is 4.57 Å². The quantitative estimate of drug-likeness (QED) is 0.193. The molecule has 4 heteroatoms. The molecule has 0 aliphatic rings. The van der Waals surface area contributed by atoms with Crippen molar-refractivity contribution in [3.63, 3.8) is 0 Å². The van der Waals surface area contributed by atoms with Gasteiger partial charge in [-0.25, -0.2) is 0 Å². The number of para-hydroxylation sites is 2. The van der Waals surface area contributed by atoms with E-state index in [1.54, 1.807) is 0 Å². The number of hydrogen-bond donors (Lipinski definition) is 0. The average Bonchev–Trinajstić information content (AvgIpc) is 3.68. The topological polar surface area (TPSA) is 28.7 Å². The summed E-state index contributed by atoms with van der Waals surface area (Å²) >= 11 is 3.70. The summed E-state index contributed by atoms with van der Waals surface area (Å²) in [6, 6.07) is 36.8. The van der Waals surface area contributed by atoms with E-state index in [0.29, 0.717) is 5.56 Å². The minimum Gasteiger partial charge on any atom is -0.309 e. The first-order valence-electron chi connectivity index (χ1n) is 13.9. The van der Waals surface area contributed by atoms with Gasteiger partial charge in [-0.15, -0.1) is 22.7 Å². The maximum Gasteiger partial charge on any atom is 0.0998 e. The van der Waals surface area contributed by atoms with Gasteiger partial charge in [0.2, 0.25) is 0 Å². The summed E-state index contributed by atoms with van der Waals surface area (Å²) in [6.45, 7) is 6.04. The lowest BCUT2D eigenvalue weighted by molar-refractivity contribution is 1.18. The number of nitrogens with zero attached hydrogens (tertiary/aromatic N) is 2. The van der Waals surface area contributed by atoms with Crippen molar-refractivity contribution in [3.05, 3.63) is 132 Å². The zero-order valence-corrected chi connectivity index (χ0v) is 24.5. The van der Waals surface area contributed by atoms with Crippen molar-refractivity contribution in [2.45, 2.75) is 6.92 Å². The molecule has 3 aromatic heterocycles. The third kappa shape index (κ3) is 3.55. The third-order valence-corrected chi connectivity index (χ3v) is 10.9. The van der Waals surface area contributed by atoms with Crippen molar-refractivity contribution in [3.8, 4) is 22.9 Å². The van der Waals surface area contributed by atoms with E-state index < -0.39 is 0 Å². The van der Waals surface area contributed by atoms with Crippen molar-refractivity contribution < 1.29 is 0 Å². The Morgan fingerprint density at radius 1 is 0.738 bits per heavy atom. The van der Waals surface area contributed by atoms with Crippen LogP contribution in [0.5, 0.6) is 0 Å². The van der Waals surface area contributed by atoms with E-state index in [-0.39, 0.29) is 0 Å². The van der Waals surface area contributed by atoms with Gasteiger partial charge in [-0.3, -0.25) is 0 Å². The highest BCUT2D eigenvalue weighted by molar-refractivity contribution is 7.31. The second-order valence-electron chi connectivity index (χ2n) is 10.5. The Kier molecular flexibility index (Phi) is 5.65. The standard InChI is InChI=1S/C38H24N2S2/c1-3-4-16-34-23(2)26-18-19-29-30-21-24(17-20-35(30)42-38(29)37(26)41-34)36-25(22-39)10-9-15-33(36)40-31-13-7-5-11-27(31)28-12-6-8-14-32(28)40/h3-21H,1H2,2H3/b16-4-. The zero-order chi connectivity index (χ0) is 28.4. The molecule has 5 aromatic carbocycles. The van der Waals surface area contributed by atoms with Crippen molar-refractivity contribution >= 4 is 80.8 Å². The van der Waals surface area contributed by atoms with Crippen LogP contribution in [0, 0.1) is 18.3 Å². The molecular formula is C38H24N2S2. The van der Waals surface area contributed by atoms with Crippen LogP contribution in [0.1, 0.15) is 16.0 Å². The Labute approximate surface area is 251 Å². The molecular weight excluding hydrogens is 549 g/mol. The largest absolute Gasteiger partial charge is 0.309 e. The summed E-state index contributed by atoms with van der Waals surface area (Å²) in [7, 11) is 0. The SMILES string of the molecule is C=C/C=C\c1sc2c(ccc3c4cc(-c5c(C#N)cccc5-n5c6ccccc6c6ccccc65)ccc4sc32)c1C. The molecule has 0 N–H and O–H groups in total. The highest BCUT2D eigenvalue weighted by atomic mass is 32.1. The van der Waals surface area contributed by atoms with Gasteiger partial charge in [-0.2, -0.15) is 5.26 Å². The van der Waals surface area contributed by atoms with E-state index in [1.165, 1.54) is 51.5 Å². The molecule has 0 fully saturated rings. The molecule has 3 heterocycles. The van der Waals surface area contributed by atoms with Gasteiger partial charge in [0, 0.05) is 36.7 Å². The molecule has 198 valence electrons. The lowest BCUT2D eigenvalue weighted by Gasteiger charge is -2.15. The fourth-order valence-electron chi connectivity index (χ4n) is 6.31. The van der Waals surface area contributed by atoms with E-state index in [9.17, 15) is 5.26 Å². The average molecular weight is 573 g/mol. The van der Waals surface area contributed by atoms with Gasteiger partial charge in [0.25, 0.3) is 0 Å². The van der Waals surface area contributed by atoms with Crippen LogP contribution in [0.15, 0.2) is 116 Å². The number of hydrogen-bond acceptors (Lipinski definition) is 3. The van der Waals surface area contributed by atoms with Crippen LogP contribution in [0.4, 0.5) is 0 Å². The van der Waals surface area contributed by atoms with Crippen LogP contribution in [-0.2, 0) is 0 Å². The number of rotatable bonds is 4. The number of nitriles is 1. The molecule has 0 radical (unpaired) electrons. The zero-order valence-electron chi connectivity index (χ0n) is 22.9. The smallest absolute Gasteiger partial charge is 0.0998 e. The number of aryl methyl sites for hydroxylation is 1. The van der Waals surface area contributed by atoms with Gasteiger partial charge in [0.05, 0.1) is 37.8 Å². The molecule has 0 saturated heterocycles. The summed E-state index contributed by atoms with van der Waals surface area (Å²) in [5.74, 6) is 0. The Hall–Kier alpha value is -4.95. The van der Waals surface area contributed by atoms with Crippen LogP contribution >= 0.6 is 22.7 Å². The lowest BCUT2D eigenvalue weighted by Crippen LogP contribution is -1.99. The Bertz CT molecular complexity index is 2400. The molecule has 0 atom stereocenters.